The number of anilines is 1. The van der Waals surface area contributed by atoms with Crippen molar-refractivity contribution in [1.82, 2.24) is 19.6 Å². The van der Waals surface area contributed by atoms with Gasteiger partial charge in [-0.25, -0.2) is 4.98 Å². The van der Waals surface area contributed by atoms with Crippen LogP contribution in [0.15, 0.2) is 12.4 Å². The number of hydrogen-bond donors (Lipinski definition) is 1. The number of nitrogens with two attached hydrogens (primary N) is 1. The van der Waals surface area contributed by atoms with Crippen molar-refractivity contribution < 1.29 is 0 Å². The number of rotatable bonds is 1. The zero-order chi connectivity index (χ0) is 12.3. The van der Waals surface area contributed by atoms with Crippen molar-refractivity contribution in [3.63, 3.8) is 0 Å². The molecule has 2 heterocycles. The van der Waals surface area contributed by atoms with Gasteiger partial charge in [0.2, 0.25) is 5.65 Å². The molecule has 0 spiro atoms. The lowest BCUT2D eigenvalue weighted by Gasteiger charge is -2.15. The molecular weight excluding hydrogens is 226 g/mol. The molecular formula is C13H17N5. The Kier molecular flexibility index (Phi) is 1.84. The van der Waals surface area contributed by atoms with Crippen LogP contribution >= 0.6 is 0 Å². The monoisotopic (exact) mass is 243 g/mol. The van der Waals surface area contributed by atoms with Crippen molar-refractivity contribution in [3.05, 3.63) is 18.2 Å². The lowest BCUT2D eigenvalue weighted by atomic mass is 9.90. The second-order valence-electron chi connectivity index (χ2n) is 5.90. The van der Waals surface area contributed by atoms with E-state index in [9.17, 15) is 0 Å². The lowest BCUT2D eigenvalue weighted by molar-refractivity contribution is 0.363. The minimum absolute atomic E-state index is 0.444. The largest absolute Gasteiger partial charge is 0.381 e. The summed E-state index contributed by atoms with van der Waals surface area (Å²) in [4.78, 5) is 4.06. The smallest absolute Gasteiger partial charge is 0.203 e. The fourth-order valence-electron chi connectivity index (χ4n) is 3.92. The van der Waals surface area contributed by atoms with E-state index in [1.807, 2.05) is 10.6 Å². The van der Waals surface area contributed by atoms with Gasteiger partial charge in [-0.05, 0) is 24.2 Å². The first-order valence-electron chi connectivity index (χ1n) is 6.67. The predicted octanol–water partition coefficient (Wildman–Crippen LogP) is 2.00. The summed E-state index contributed by atoms with van der Waals surface area (Å²) in [7, 11) is 0. The Morgan fingerprint density at radius 1 is 1.39 bits per heavy atom. The Labute approximate surface area is 105 Å². The Morgan fingerprint density at radius 3 is 3.06 bits per heavy atom. The van der Waals surface area contributed by atoms with Crippen LogP contribution < -0.4 is 5.73 Å². The van der Waals surface area contributed by atoms with Gasteiger partial charge in [-0.3, -0.25) is 4.40 Å². The van der Waals surface area contributed by atoms with Gasteiger partial charge in [0.05, 0.1) is 0 Å². The zero-order valence-electron chi connectivity index (χ0n) is 10.5. The van der Waals surface area contributed by atoms with Gasteiger partial charge in [0.1, 0.15) is 5.82 Å². The SMILES string of the molecule is C[C@@]12CCCCC1C2c1nnc2c(N)nccn12. The second-order valence-corrected chi connectivity index (χ2v) is 5.90. The summed E-state index contributed by atoms with van der Waals surface area (Å²) in [5.74, 6) is 2.88. The van der Waals surface area contributed by atoms with Crippen LogP contribution in [0.3, 0.4) is 0 Å². The van der Waals surface area contributed by atoms with E-state index in [-0.39, 0.29) is 0 Å². The molecule has 0 saturated heterocycles. The molecule has 2 aliphatic rings. The molecule has 0 bridgehead atoms. The van der Waals surface area contributed by atoms with E-state index in [4.69, 9.17) is 5.73 Å². The first-order chi connectivity index (χ1) is 8.72. The normalized spacial score (nSPS) is 34.5. The van der Waals surface area contributed by atoms with E-state index in [1.165, 1.54) is 25.7 Å². The highest BCUT2D eigenvalue weighted by atomic mass is 15.3. The molecule has 5 nitrogen and oxygen atoms in total. The maximum Gasteiger partial charge on any atom is 0.203 e. The van der Waals surface area contributed by atoms with Gasteiger partial charge in [-0.2, -0.15) is 0 Å². The van der Waals surface area contributed by atoms with Crippen molar-refractivity contribution >= 4 is 11.5 Å². The van der Waals surface area contributed by atoms with Crippen LogP contribution in [0.25, 0.3) is 5.65 Å². The molecule has 2 fully saturated rings. The average molecular weight is 243 g/mol. The third kappa shape index (κ3) is 1.14. The second kappa shape index (κ2) is 3.22. The fraction of sp³-hybridized carbons (Fsp3) is 0.615. The molecule has 0 aliphatic heterocycles. The van der Waals surface area contributed by atoms with Gasteiger partial charge in [0.25, 0.3) is 0 Å². The van der Waals surface area contributed by atoms with E-state index in [0.29, 0.717) is 22.8 Å². The first kappa shape index (κ1) is 10.3. The molecule has 0 amide bonds. The maximum atomic E-state index is 5.84. The molecule has 2 aromatic heterocycles. The number of nitrogen functional groups attached to an aromatic ring is 1. The number of fused-ring (bicyclic) bond motifs is 2. The number of hydrogen-bond acceptors (Lipinski definition) is 4. The van der Waals surface area contributed by atoms with Crippen LogP contribution in [0.4, 0.5) is 5.82 Å². The van der Waals surface area contributed by atoms with Gasteiger partial charge >= 0.3 is 0 Å². The molecule has 18 heavy (non-hydrogen) atoms. The molecule has 3 atom stereocenters. The van der Waals surface area contributed by atoms with E-state index in [2.05, 4.69) is 22.1 Å². The summed E-state index contributed by atoms with van der Waals surface area (Å²) in [6, 6.07) is 0. The molecule has 4 rings (SSSR count). The quantitative estimate of drug-likeness (QED) is 0.831. The van der Waals surface area contributed by atoms with Crippen LogP contribution in [-0.4, -0.2) is 19.6 Å². The molecule has 2 aromatic rings. The highest BCUT2D eigenvalue weighted by molar-refractivity contribution is 5.59. The van der Waals surface area contributed by atoms with Gasteiger partial charge in [0.15, 0.2) is 5.82 Å². The Hall–Kier alpha value is -1.65. The molecule has 5 heteroatoms. The lowest BCUT2D eigenvalue weighted by Crippen LogP contribution is -2.05. The molecule has 0 aromatic carbocycles. The van der Waals surface area contributed by atoms with E-state index in [1.54, 1.807) is 6.20 Å². The zero-order valence-corrected chi connectivity index (χ0v) is 10.5. The van der Waals surface area contributed by atoms with Gasteiger partial charge < -0.3 is 5.73 Å². The Balaban J connectivity index is 1.83. The topological polar surface area (TPSA) is 69.1 Å². The highest BCUT2D eigenvalue weighted by Gasteiger charge is 2.63. The summed E-state index contributed by atoms with van der Waals surface area (Å²) < 4.78 is 2.02. The summed E-state index contributed by atoms with van der Waals surface area (Å²) >= 11 is 0. The van der Waals surface area contributed by atoms with Crippen LogP contribution in [0.2, 0.25) is 0 Å². The molecule has 94 valence electrons. The van der Waals surface area contributed by atoms with Crippen molar-refractivity contribution in [1.29, 1.82) is 0 Å². The summed E-state index contributed by atoms with van der Waals surface area (Å²) in [6.07, 6.45) is 9.01. The Bertz CT molecular complexity index is 619. The van der Waals surface area contributed by atoms with E-state index < -0.39 is 0 Å². The Morgan fingerprint density at radius 2 is 2.28 bits per heavy atom. The van der Waals surface area contributed by atoms with Crippen LogP contribution in [0.5, 0.6) is 0 Å². The van der Waals surface area contributed by atoms with Gasteiger partial charge in [-0.1, -0.05) is 19.8 Å². The van der Waals surface area contributed by atoms with Crippen LogP contribution in [0.1, 0.15) is 44.3 Å². The maximum absolute atomic E-state index is 5.84. The van der Waals surface area contributed by atoms with Crippen molar-refractivity contribution in [2.24, 2.45) is 11.3 Å². The summed E-state index contributed by atoms with van der Waals surface area (Å²) in [6.45, 7) is 2.40. The summed E-state index contributed by atoms with van der Waals surface area (Å²) in [5, 5.41) is 8.57. The average Bonchev–Trinajstić information content (AvgIpc) is 2.76. The van der Waals surface area contributed by atoms with Crippen molar-refractivity contribution in [2.75, 3.05) is 5.73 Å². The van der Waals surface area contributed by atoms with Crippen LogP contribution in [0, 0.1) is 11.3 Å². The fourth-order valence-corrected chi connectivity index (χ4v) is 3.92. The molecule has 2 N–H and O–H groups in total. The van der Waals surface area contributed by atoms with Gasteiger partial charge in [0, 0.05) is 18.3 Å². The molecule has 2 aliphatic carbocycles. The first-order valence-corrected chi connectivity index (χ1v) is 6.67. The molecule has 0 radical (unpaired) electrons. The number of aromatic nitrogens is 4. The minimum Gasteiger partial charge on any atom is -0.381 e. The van der Waals surface area contributed by atoms with Gasteiger partial charge in [-0.15, -0.1) is 10.2 Å². The van der Waals surface area contributed by atoms with Crippen molar-refractivity contribution in [2.45, 2.75) is 38.5 Å². The standard InChI is InChI=1S/C13H17N5/c1-13-5-3-2-4-8(13)9(13)11-16-17-12-10(14)15-6-7-18(11)12/h6-9H,2-5H2,1H3,(H2,14,15)/t8?,9?,13-/m1/s1. The third-order valence-electron chi connectivity index (χ3n) is 4.99. The van der Waals surface area contributed by atoms with E-state index >= 15 is 0 Å². The number of nitrogens with zero attached hydrogens (tertiary/aromatic N) is 4. The highest BCUT2D eigenvalue weighted by Crippen LogP contribution is 2.70. The summed E-state index contributed by atoms with van der Waals surface area (Å²) in [5.41, 5.74) is 6.97. The van der Waals surface area contributed by atoms with Crippen LogP contribution in [-0.2, 0) is 0 Å². The van der Waals surface area contributed by atoms with E-state index in [0.717, 1.165) is 11.7 Å². The predicted molar refractivity (Wildman–Crippen MR) is 68.0 cm³/mol. The molecule has 2 saturated carbocycles. The molecule has 2 unspecified atom stereocenters. The third-order valence-corrected chi connectivity index (χ3v) is 4.99. The minimum atomic E-state index is 0.444. The van der Waals surface area contributed by atoms with Crippen molar-refractivity contribution in [3.8, 4) is 0 Å².